The molecular weight excluding hydrogens is 420 g/mol. The van der Waals surface area contributed by atoms with Crippen molar-refractivity contribution in [3.63, 3.8) is 0 Å². The zero-order chi connectivity index (χ0) is 22.7. The van der Waals surface area contributed by atoms with E-state index in [0.717, 1.165) is 16.8 Å². The Balaban J connectivity index is 1.69. The molecule has 0 fully saturated rings. The van der Waals surface area contributed by atoms with Gasteiger partial charge in [0.15, 0.2) is 5.16 Å². The summed E-state index contributed by atoms with van der Waals surface area (Å²) in [6.45, 7) is 3.91. The number of anilines is 1. The van der Waals surface area contributed by atoms with Crippen molar-refractivity contribution in [2.24, 2.45) is 0 Å². The average molecular weight is 441 g/mol. The molecule has 158 valence electrons. The van der Waals surface area contributed by atoms with Gasteiger partial charge in [-0.3, -0.25) is 14.2 Å². The van der Waals surface area contributed by atoms with Gasteiger partial charge in [0.05, 0.1) is 34.0 Å². The quantitative estimate of drug-likeness (QED) is 0.362. The van der Waals surface area contributed by atoms with E-state index in [9.17, 15) is 9.59 Å². The highest BCUT2D eigenvalue weighted by Crippen LogP contribution is 2.25. The number of aromatic nitrogens is 2. The van der Waals surface area contributed by atoms with E-state index >= 15 is 0 Å². The van der Waals surface area contributed by atoms with Gasteiger partial charge in [-0.2, -0.15) is 5.26 Å². The highest BCUT2D eigenvalue weighted by Gasteiger charge is 2.17. The summed E-state index contributed by atoms with van der Waals surface area (Å²) >= 11 is 1.21. The number of nitrogens with zero attached hydrogens (tertiary/aromatic N) is 3. The van der Waals surface area contributed by atoms with E-state index in [1.54, 1.807) is 41.0 Å². The van der Waals surface area contributed by atoms with Crippen LogP contribution in [0.3, 0.4) is 0 Å². The van der Waals surface area contributed by atoms with Crippen LogP contribution in [0.4, 0.5) is 5.69 Å². The summed E-state index contributed by atoms with van der Waals surface area (Å²) in [7, 11) is 0. The molecule has 0 aliphatic rings. The predicted molar refractivity (Wildman–Crippen MR) is 127 cm³/mol. The first-order chi connectivity index (χ1) is 15.5. The van der Waals surface area contributed by atoms with Crippen molar-refractivity contribution in [3.05, 3.63) is 93.8 Å². The lowest BCUT2D eigenvalue weighted by Crippen LogP contribution is -2.24. The number of hydrogen-bond donors (Lipinski definition) is 1. The van der Waals surface area contributed by atoms with Crippen LogP contribution in [-0.4, -0.2) is 21.2 Å². The third-order valence-electron chi connectivity index (χ3n) is 5.04. The summed E-state index contributed by atoms with van der Waals surface area (Å²) < 4.78 is 1.60. The van der Waals surface area contributed by atoms with Gasteiger partial charge in [-0.1, -0.05) is 42.1 Å². The molecule has 32 heavy (non-hydrogen) atoms. The maximum atomic E-state index is 13.4. The molecular formula is C25H20N4O2S. The van der Waals surface area contributed by atoms with Crippen LogP contribution in [0.25, 0.3) is 16.6 Å². The number of fused-ring (bicyclic) bond motifs is 1. The molecule has 0 atom stereocenters. The fourth-order valence-electron chi connectivity index (χ4n) is 3.52. The maximum Gasteiger partial charge on any atom is 0.266 e. The monoisotopic (exact) mass is 440 g/mol. The lowest BCUT2D eigenvalue weighted by atomic mass is 10.1. The van der Waals surface area contributed by atoms with Crippen LogP contribution >= 0.6 is 11.8 Å². The van der Waals surface area contributed by atoms with Crippen LogP contribution in [0, 0.1) is 25.2 Å². The topological polar surface area (TPSA) is 87.8 Å². The van der Waals surface area contributed by atoms with Gasteiger partial charge in [0, 0.05) is 5.69 Å². The van der Waals surface area contributed by atoms with Crippen molar-refractivity contribution in [2.75, 3.05) is 11.1 Å². The Labute approximate surface area is 189 Å². The molecule has 1 amide bonds. The zero-order valence-electron chi connectivity index (χ0n) is 17.6. The summed E-state index contributed by atoms with van der Waals surface area (Å²) in [6.07, 6.45) is 0. The maximum absolute atomic E-state index is 13.4. The summed E-state index contributed by atoms with van der Waals surface area (Å²) in [5.41, 5.74) is 4.24. The van der Waals surface area contributed by atoms with Gasteiger partial charge < -0.3 is 5.32 Å². The molecule has 4 aromatic rings. The van der Waals surface area contributed by atoms with Gasteiger partial charge in [-0.15, -0.1) is 0 Å². The lowest BCUT2D eigenvalue weighted by Gasteiger charge is -2.17. The minimum absolute atomic E-state index is 0.0791. The largest absolute Gasteiger partial charge is 0.325 e. The molecule has 1 aromatic heterocycles. The number of para-hydroxylation sites is 2. The van der Waals surface area contributed by atoms with E-state index in [4.69, 9.17) is 10.2 Å². The minimum atomic E-state index is -0.227. The van der Waals surface area contributed by atoms with Crippen LogP contribution < -0.4 is 10.9 Å². The Bertz CT molecular complexity index is 1400. The number of hydrogen-bond acceptors (Lipinski definition) is 5. The Morgan fingerprint density at radius 2 is 1.72 bits per heavy atom. The van der Waals surface area contributed by atoms with Crippen LogP contribution in [0.15, 0.2) is 76.7 Å². The molecule has 0 radical (unpaired) electrons. The average Bonchev–Trinajstić information content (AvgIpc) is 2.79. The number of nitriles is 1. The van der Waals surface area contributed by atoms with Crippen LogP contribution in [0.1, 0.15) is 16.7 Å². The van der Waals surface area contributed by atoms with Gasteiger partial charge in [0.2, 0.25) is 5.91 Å². The fraction of sp³-hybridized carbons (Fsp3) is 0.120. The van der Waals surface area contributed by atoms with Gasteiger partial charge in [0.1, 0.15) is 0 Å². The molecule has 0 spiro atoms. The summed E-state index contributed by atoms with van der Waals surface area (Å²) in [4.78, 5) is 30.7. The number of benzene rings is 3. The van der Waals surface area contributed by atoms with Gasteiger partial charge in [-0.05, 0) is 61.4 Å². The second-order valence-corrected chi connectivity index (χ2v) is 8.26. The van der Waals surface area contributed by atoms with Gasteiger partial charge >= 0.3 is 0 Å². The molecule has 0 aliphatic heterocycles. The van der Waals surface area contributed by atoms with Crippen molar-refractivity contribution >= 4 is 34.3 Å². The second kappa shape index (κ2) is 9.08. The van der Waals surface area contributed by atoms with E-state index in [0.29, 0.717) is 27.3 Å². The van der Waals surface area contributed by atoms with E-state index in [2.05, 4.69) is 5.32 Å². The standard InChI is InChI=1S/C25H20N4O2S/c1-16-6-5-7-17(2)23(16)29-24(31)20-8-3-4-9-21(20)28-25(29)32-15-22(30)27-19-12-10-18(14-26)11-13-19/h3-13H,15H2,1-2H3,(H,27,30). The molecule has 3 aromatic carbocycles. The third-order valence-corrected chi connectivity index (χ3v) is 5.98. The molecule has 0 saturated carbocycles. The Morgan fingerprint density at radius 3 is 2.41 bits per heavy atom. The number of amides is 1. The molecule has 4 rings (SSSR count). The summed E-state index contributed by atoms with van der Waals surface area (Å²) in [6, 6.07) is 21.8. The summed E-state index contributed by atoms with van der Waals surface area (Å²) in [5.74, 6) is -0.148. The number of thioether (sulfide) groups is 1. The van der Waals surface area contributed by atoms with E-state index < -0.39 is 0 Å². The van der Waals surface area contributed by atoms with Crippen molar-refractivity contribution in [1.29, 1.82) is 5.26 Å². The van der Waals surface area contributed by atoms with Crippen molar-refractivity contribution < 1.29 is 4.79 Å². The van der Waals surface area contributed by atoms with Crippen LogP contribution in [-0.2, 0) is 4.79 Å². The van der Waals surface area contributed by atoms with Crippen LogP contribution in [0.5, 0.6) is 0 Å². The Kier molecular flexibility index (Phi) is 6.06. The van der Waals surface area contributed by atoms with E-state index in [1.807, 2.05) is 50.2 Å². The smallest absolute Gasteiger partial charge is 0.266 e. The minimum Gasteiger partial charge on any atom is -0.325 e. The lowest BCUT2D eigenvalue weighted by molar-refractivity contribution is -0.113. The van der Waals surface area contributed by atoms with E-state index in [-0.39, 0.29) is 17.2 Å². The second-order valence-electron chi connectivity index (χ2n) is 7.32. The normalized spacial score (nSPS) is 10.7. The molecule has 0 saturated heterocycles. The fourth-order valence-corrected chi connectivity index (χ4v) is 4.32. The molecule has 0 unspecified atom stereocenters. The number of carbonyl (C=O) groups is 1. The molecule has 7 heteroatoms. The molecule has 1 N–H and O–H groups in total. The number of aryl methyl sites for hydroxylation is 2. The Hall–Kier alpha value is -3.89. The van der Waals surface area contributed by atoms with Crippen molar-refractivity contribution in [1.82, 2.24) is 9.55 Å². The number of rotatable bonds is 5. The molecule has 0 aliphatic carbocycles. The first kappa shape index (κ1) is 21.3. The summed E-state index contributed by atoms with van der Waals surface area (Å²) in [5, 5.41) is 12.7. The zero-order valence-corrected chi connectivity index (χ0v) is 18.4. The van der Waals surface area contributed by atoms with Crippen LogP contribution in [0.2, 0.25) is 0 Å². The SMILES string of the molecule is Cc1cccc(C)c1-n1c(SCC(=O)Nc2ccc(C#N)cc2)nc2ccccc2c1=O. The number of nitrogens with one attached hydrogen (secondary N) is 1. The highest BCUT2D eigenvalue weighted by atomic mass is 32.2. The van der Waals surface area contributed by atoms with Crippen molar-refractivity contribution in [2.45, 2.75) is 19.0 Å². The number of carbonyl (C=O) groups excluding carboxylic acids is 1. The van der Waals surface area contributed by atoms with Crippen molar-refractivity contribution in [3.8, 4) is 11.8 Å². The molecule has 6 nitrogen and oxygen atoms in total. The van der Waals surface area contributed by atoms with Gasteiger partial charge in [-0.25, -0.2) is 4.98 Å². The highest BCUT2D eigenvalue weighted by molar-refractivity contribution is 7.99. The first-order valence-corrected chi connectivity index (χ1v) is 11.0. The molecule has 0 bridgehead atoms. The predicted octanol–water partition coefficient (Wildman–Crippen LogP) is 4.61. The molecule has 1 heterocycles. The van der Waals surface area contributed by atoms with Gasteiger partial charge in [0.25, 0.3) is 5.56 Å². The third kappa shape index (κ3) is 4.27. The Morgan fingerprint density at radius 1 is 1.03 bits per heavy atom. The first-order valence-electron chi connectivity index (χ1n) is 9.99. The van der Waals surface area contributed by atoms with E-state index in [1.165, 1.54) is 11.8 Å².